The Balaban J connectivity index is 2.56. The lowest BCUT2D eigenvalue weighted by Gasteiger charge is -2.09. The third kappa shape index (κ3) is 0.888. The first-order valence-corrected chi connectivity index (χ1v) is 3.61. The van der Waals surface area contributed by atoms with Crippen molar-refractivity contribution in [3.63, 3.8) is 0 Å². The molecule has 1 unspecified atom stereocenters. The molecule has 1 heterocycles. The zero-order valence-electron chi connectivity index (χ0n) is 4.52. The van der Waals surface area contributed by atoms with Crippen molar-refractivity contribution in [2.24, 2.45) is 0 Å². The topological polar surface area (TPSA) is 32.3 Å². The molecule has 0 saturated carbocycles. The number of nitrogens with zero attached hydrogens (tertiary/aromatic N) is 1. The molecule has 1 aliphatic heterocycles. The summed E-state index contributed by atoms with van der Waals surface area (Å²) in [4.78, 5) is 12.3. The molecular weight excluding hydrogens is 219 g/mol. The third-order valence-electron chi connectivity index (χ3n) is 1.16. The van der Waals surface area contributed by atoms with Gasteiger partial charge in [0.1, 0.15) is 4.05 Å². The van der Waals surface area contributed by atoms with Crippen LogP contribution in [0.5, 0.6) is 0 Å². The molecule has 0 spiro atoms. The number of urea groups is 1. The van der Waals surface area contributed by atoms with Crippen LogP contribution < -0.4 is 5.32 Å². The van der Waals surface area contributed by atoms with Gasteiger partial charge in [0.15, 0.2) is 0 Å². The van der Waals surface area contributed by atoms with Crippen LogP contribution >= 0.6 is 22.6 Å². The minimum absolute atomic E-state index is 0.0319. The van der Waals surface area contributed by atoms with E-state index in [0.717, 1.165) is 6.54 Å². The Hall–Kier alpha value is 0. The summed E-state index contributed by atoms with van der Waals surface area (Å²) in [6, 6.07) is 0.0319. The molecule has 0 aliphatic carbocycles. The maximum Gasteiger partial charge on any atom is 0.318 e. The van der Waals surface area contributed by atoms with Crippen molar-refractivity contribution < 1.29 is 4.79 Å². The van der Waals surface area contributed by atoms with Crippen LogP contribution in [-0.2, 0) is 0 Å². The summed E-state index contributed by atoms with van der Waals surface area (Å²) in [6.45, 7) is 0.774. The van der Waals surface area contributed by atoms with E-state index in [2.05, 4.69) is 27.9 Å². The van der Waals surface area contributed by atoms with Crippen LogP contribution in [0.15, 0.2) is 0 Å². The van der Waals surface area contributed by atoms with Crippen LogP contribution in [0.3, 0.4) is 0 Å². The molecule has 1 fully saturated rings. The third-order valence-corrected chi connectivity index (χ3v) is 2.44. The Kier molecular flexibility index (Phi) is 1.59. The number of likely N-dealkylation sites (N-methyl/N-ethyl adjacent to an activating group) is 1. The van der Waals surface area contributed by atoms with Crippen LogP contribution in [0.1, 0.15) is 0 Å². The maximum atomic E-state index is 10.6. The average Bonchev–Trinajstić information content (AvgIpc) is 1.98. The molecule has 1 N–H and O–H groups in total. The van der Waals surface area contributed by atoms with Gasteiger partial charge in [-0.3, -0.25) is 0 Å². The molecule has 0 aromatic rings. The number of amides is 2. The smallest absolute Gasteiger partial charge is 0.318 e. The number of hydrogen-bond donors (Lipinski definition) is 1. The first-order chi connectivity index (χ1) is 3.72. The molecule has 4 heteroatoms. The van der Waals surface area contributed by atoms with E-state index in [1.165, 1.54) is 0 Å². The van der Waals surface area contributed by atoms with E-state index in [9.17, 15) is 4.79 Å². The van der Waals surface area contributed by atoms with Gasteiger partial charge in [0.05, 0.1) is 0 Å². The Morgan fingerprint density at radius 2 is 2.62 bits per heavy atom. The Morgan fingerprint density at radius 3 is 2.75 bits per heavy atom. The second-order valence-corrected chi connectivity index (χ2v) is 3.17. The number of halogens is 1. The quantitative estimate of drug-likeness (QED) is 0.362. The molecule has 0 radical (unpaired) electrons. The van der Waals surface area contributed by atoms with Gasteiger partial charge in [-0.1, -0.05) is 22.6 Å². The van der Waals surface area contributed by atoms with Gasteiger partial charge in [-0.05, 0) is 0 Å². The molecule has 0 aromatic carbocycles. The summed E-state index contributed by atoms with van der Waals surface area (Å²) in [5.74, 6) is 0. The minimum atomic E-state index is 0.0319. The van der Waals surface area contributed by atoms with Gasteiger partial charge in [-0.15, -0.1) is 0 Å². The molecule has 2 amide bonds. The van der Waals surface area contributed by atoms with Crippen molar-refractivity contribution in [3.8, 4) is 0 Å². The van der Waals surface area contributed by atoms with E-state index in [0.29, 0.717) is 4.05 Å². The standard InChI is InChI=1S/C4H7IN2O/c1-7-3(5)2-6-4(7)8/h3H,2H2,1H3,(H,6,8). The fraction of sp³-hybridized carbons (Fsp3) is 0.750. The van der Waals surface area contributed by atoms with Gasteiger partial charge in [-0.2, -0.15) is 0 Å². The molecule has 8 heavy (non-hydrogen) atoms. The molecule has 1 rings (SSSR count). The number of rotatable bonds is 0. The predicted octanol–water partition coefficient (Wildman–Crippen LogP) is 0.403. The van der Waals surface area contributed by atoms with Gasteiger partial charge in [0.25, 0.3) is 0 Å². The Labute approximate surface area is 61.6 Å². The minimum Gasteiger partial charge on any atom is -0.335 e. The largest absolute Gasteiger partial charge is 0.335 e. The number of carbonyl (C=O) groups excluding carboxylic acids is 1. The van der Waals surface area contributed by atoms with E-state index >= 15 is 0 Å². The van der Waals surface area contributed by atoms with Crippen molar-refractivity contribution in [1.82, 2.24) is 10.2 Å². The highest BCUT2D eigenvalue weighted by molar-refractivity contribution is 14.1. The van der Waals surface area contributed by atoms with Crippen molar-refractivity contribution in [2.75, 3.05) is 13.6 Å². The van der Waals surface area contributed by atoms with Crippen LogP contribution in [0, 0.1) is 0 Å². The summed E-state index contributed by atoms with van der Waals surface area (Å²) in [5, 5.41) is 2.70. The van der Waals surface area contributed by atoms with Gasteiger partial charge < -0.3 is 10.2 Å². The summed E-state index contributed by atoms with van der Waals surface area (Å²) in [5.41, 5.74) is 0. The predicted molar refractivity (Wildman–Crippen MR) is 39.0 cm³/mol. The van der Waals surface area contributed by atoms with Crippen LogP contribution in [-0.4, -0.2) is 28.6 Å². The number of nitrogens with one attached hydrogen (secondary N) is 1. The number of carbonyl (C=O) groups is 1. The summed E-state index contributed by atoms with van der Waals surface area (Å²) in [6.07, 6.45) is 0. The molecular formula is C4H7IN2O. The summed E-state index contributed by atoms with van der Waals surface area (Å²) < 4.78 is 0.333. The summed E-state index contributed by atoms with van der Waals surface area (Å²) in [7, 11) is 1.79. The second-order valence-electron chi connectivity index (χ2n) is 1.73. The van der Waals surface area contributed by atoms with Crippen molar-refractivity contribution in [3.05, 3.63) is 0 Å². The van der Waals surface area contributed by atoms with Gasteiger partial charge in [0.2, 0.25) is 0 Å². The van der Waals surface area contributed by atoms with Gasteiger partial charge in [0, 0.05) is 13.6 Å². The Morgan fingerprint density at radius 1 is 2.00 bits per heavy atom. The molecule has 1 saturated heterocycles. The fourth-order valence-electron chi connectivity index (χ4n) is 0.560. The van der Waals surface area contributed by atoms with E-state index in [1.54, 1.807) is 11.9 Å². The van der Waals surface area contributed by atoms with E-state index in [-0.39, 0.29) is 6.03 Å². The van der Waals surface area contributed by atoms with E-state index < -0.39 is 0 Å². The van der Waals surface area contributed by atoms with Crippen molar-refractivity contribution in [1.29, 1.82) is 0 Å². The van der Waals surface area contributed by atoms with Crippen LogP contribution in [0.2, 0.25) is 0 Å². The molecule has 1 atom stereocenters. The molecule has 1 aliphatic rings. The highest BCUT2D eigenvalue weighted by Crippen LogP contribution is 2.09. The van der Waals surface area contributed by atoms with Gasteiger partial charge in [-0.25, -0.2) is 4.79 Å². The monoisotopic (exact) mass is 226 g/mol. The SMILES string of the molecule is CN1C(=O)NCC1I. The zero-order valence-corrected chi connectivity index (χ0v) is 6.68. The van der Waals surface area contributed by atoms with Crippen LogP contribution in [0.25, 0.3) is 0 Å². The lowest BCUT2D eigenvalue weighted by atomic mass is 10.7. The molecule has 46 valence electrons. The fourth-order valence-corrected chi connectivity index (χ4v) is 1.03. The number of hydrogen-bond acceptors (Lipinski definition) is 1. The average molecular weight is 226 g/mol. The van der Waals surface area contributed by atoms with E-state index in [4.69, 9.17) is 0 Å². The first-order valence-electron chi connectivity index (χ1n) is 2.36. The Bertz CT molecular complexity index is 117. The highest BCUT2D eigenvalue weighted by Gasteiger charge is 2.23. The first kappa shape index (κ1) is 6.12. The van der Waals surface area contributed by atoms with E-state index in [1.807, 2.05) is 0 Å². The van der Waals surface area contributed by atoms with Crippen molar-refractivity contribution in [2.45, 2.75) is 4.05 Å². The number of alkyl halides is 1. The lowest BCUT2D eigenvalue weighted by molar-refractivity contribution is 0.225. The van der Waals surface area contributed by atoms with Crippen molar-refractivity contribution >= 4 is 28.6 Å². The van der Waals surface area contributed by atoms with Crippen LogP contribution in [0.4, 0.5) is 4.79 Å². The van der Waals surface area contributed by atoms with Gasteiger partial charge >= 0.3 is 6.03 Å². The second kappa shape index (κ2) is 2.08. The molecule has 3 nitrogen and oxygen atoms in total. The lowest BCUT2D eigenvalue weighted by Crippen LogP contribution is -2.25. The molecule has 0 bridgehead atoms. The summed E-state index contributed by atoms with van der Waals surface area (Å²) >= 11 is 2.22. The zero-order chi connectivity index (χ0) is 6.15. The maximum absolute atomic E-state index is 10.6. The molecule has 0 aromatic heterocycles. The highest BCUT2D eigenvalue weighted by atomic mass is 127. The normalized spacial score (nSPS) is 28.5.